The summed E-state index contributed by atoms with van der Waals surface area (Å²) in [6.07, 6.45) is 26.8. The number of hydrogen-bond donors (Lipinski definition) is 1. The van der Waals surface area contributed by atoms with Crippen LogP contribution in [0.15, 0.2) is 0 Å². The topological polar surface area (TPSA) is 63.6 Å². The molecule has 0 bridgehead atoms. The van der Waals surface area contributed by atoms with Crippen LogP contribution in [0.3, 0.4) is 0 Å². The Morgan fingerprint density at radius 2 is 0.806 bits per heavy atom. The summed E-state index contributed by atoms with van der Waals surface area (Å²) in [4.78, 5) is 21.0. The van der Waals surface area contributed by atoms with Gasteiger partial charge in [0.15, 0.2) is 0 Å². The normalized spacial score (nSPS) is 10.4. The summed E-state index contributed by atoms with van der Waals surface area (Å²) in [7, 11) is 1.47. The molecule has 31 heavy (non-hydrogen) atoms. The molecule has 4 nitrogen and oxygen atoms in total. The average molecular weight is 443 g/mol. The largest absolute Gasteiger partial charge is 0.481 e. The van der Waals surface area contributed by atoms with Crippen LogP contribution >= 0.6 is 0 Å². The maximum absolute atomic E-state index is 10.9. The highest BCUT2D eigenvalue weighted by Crippen LogP contribution is 2.13. The van der Waals surface area contributed by atoms with E-state index in [4.69, 9.17) is 5.11 Å². The molecule has 0 spiro atoms. The van der Waals surface area contributed by atoms with Crippen molar-refractivity contribution < 1.29 is 19.4 Å². The molecule has 0 aromatic heterocycles. The highest BCUT2D eigenvalue weighted by molar-refractivity contribution is 5.69. The van der Waals surface area contributed by atoms with Crippen molar-refractivity contribution in [3.05, 3.63) is 0 Å². The first kappa shape index (κ1) is 32.1. The minimum Gasteiger partial charge on any atom is -0.481 e. The van der Waals surface area contributed by atoms with Gasteiger partial charge in [0.2, 0.25) is 0 Å². The van der Waals surface area contributed by atoms with E-state index < -0.39 is 5.97 Å². The summed E-state index contributed by atoms with van der Waals surface area (Å²) in [5.74, 6) is -0.735. The van der Waals surface area contributed by atoms with E-state index >= 15 is 0 Å². The molecule has 0 aliphatic rings. The summed E-state index contributed by atoms with van der Waals surface area (Å²) in [5.41, 5.74) is 0. The van der Waals surface area contributed by atoms with Gasteiger partial charge in [-0.15, -0.1) is 0 Å². The third-order valence-electron chi connectivity index (χ3n) is 5.71. The Morgan fingerprint density at radius 3 is 1.10 bits per heavy atom. The highest BCUT2D eigenvalue weighted by atomic mass is 16.5. The first-order chi connectivity index (χ1) is 15.1. The number of aliphatic carboxylic acids is 1. The lowest BCUT2D eigenvalue weighted by Gasteiger charge is -2.03. The second-order valence-corrected chi connectivity index (χ2v) is 8.83. The average Bonchev–Trinajstić information content (AvgIpc) is 2.76. The van der Waals surface area contributed by atoms with Crippen LogP contribution in [0.25, 0.3) is 0 Å². The fourth-order valence-corrected chi connectivity index (χ4v) is 3.62. The lowest BCUT2D eigenvalue weighted by Crippen LogP contribution is -1.99. The molecule has 1 N–H and O–H groups in total. The quantitative estimate of drug-likeness (QED) is 0.134. The van der Waals surface area contributed by atoms with E-state index in [1.165, 1.54) is 116 Å². The Hall–Kier alpha value is -1.06. The number of unbranched alkanes of at least 4 members (excludes halogenated alkanes) is 18. The van der Waals surface area contributed by atoms with Crippen LogP contribution in [-0.4, -0.2) is 24.2 Å². The monoisotopic (exact) mass is 442 g/mol. The standard InChI is InChI=1S/C19H38O2.C8H16O2/c1-3-4-5-6-7-8-9-10-11-12-13-14-15-16-17-18-19(20)21-2;1-2-3-4-5-6-7-8(9)10/h3-18H2,1-2H3;2-7H2,1H3,(H,9,10). The van der Waals surface area contributed by atoms with Crippen molar-refractivity contribution in [3.8, 4) is 0 Å². The number of carbonyl (C=O) groups excluding carboxylic acids is 1. The lowest BCUT2D eigenvalue weighted by molar-refractivity contribution is -0.141. The number of hydrogen-bond acceptors (Lipinski definition) is 3. The van der Waals surface area contributed by atoms with Crippen molar-refractivity contribution in [2.45, 2.75) is 155 Å². The molecular formula is C27H54O4. The molecular weight excluding hydrogens is 388 g/mol. The van der Waals surface area contributed by atoms with Gasteiger partial charge in [-0.2, -0.15) is 0 Å². The fraction of sp³-hybridized carbons (Fsp3) is 0.926. The highest BCUT2D eigenvalue weighted by Gasteiger charge is 1.99. The molecule has 0 aliphatic heterocycles. The number of methoxy groups -OCH3 is 1. The summed E-state index contributed by atoms with van der Waals surface area (Å²) in [6.45, 7) is 4.43. The van der Waals surface area contributed by atoms with E-state index in [0.29, 0.717) is 12.8 Å². The van der Waals surface area contributed by atoms with Crippen molar-refractivity contribution in [2.24, 2.45) is 0 Å². The van der Waals surface area contributed by atoms with Gasteiger partial charge < -0.3 is 9.84 Å². The van der Waals surface area contributed by atoms with E-state index in [0.717, 1.165) is 19.3 Å². The van der Waals surface area contributed by atoms with Crippen molar-refractivity contribution >= 4 is 11.9 Å². The summed E-state index contributed by atoms with van der Waals surface area (Å²) >= 11 is 0. The third kappa shape index (κ3) is 33.8. The predicted molar refractivity (Wildman–Crippen MR) is 133 cm³/mol. The summed E-state index contributed by atoms with van der Waals surface area (Å²) in [6, 6.07) is 0. The zero-order valence-electron chi connectivity index (χ0n) is 21.2. The third-order valence-corrected chi connectivity index (χ3v) is 5.71. The Kier molecular flexibility index (Phi) is 30.0. The number of esters is 1. The van der Waals surface area contributed by atoms with Crippen molar-refractivity contribution in [2.75, 3.05) is 7.11 Å². The number of ether oxygens (including phenoxy) is 1. The van der Waals surface area contributed by atoms with Gasteiger partial charge in [-0.1, -0.05) is 129 Å². The number of rotatable bonds is 22. The van der Waals surface area contributed by atoms with Crippen LogP contribution < -0.4 is 0 Å². The molecule has 0 radical (unpaired) electrons. The van der Waals surface area contributed by atoms with Gasteiger partial charge >= 0.3 is 11.9 Å². The lowest BCUT2D eigenvalue weighted by atomic mass is 10.0. The van der Waals surface area contributed by atoms with Gasteiger partial charge in [0.25, 0.3) is 0 Å². The van der Waals surface area contributed by atoms with Gasteiger partial charge in [-0.3, -0.25) is 9.59 Å². The molecule has 0 aromatic rings. The fourth-order valence-electron chi connectivity index (χ4n) is 3.62. The zero-order valence-corrected chi connectivity index (χ0v) is 21.2. The van der Waals surface area contributed by atoms with Crippen LogP contribution in [0.4, 0.5) is 0 Å². The second-order valence-electron chi connectivity index (χ2n) is 8.83. The number of carboxylic acids is 1. The summed E-state index contributed by atoms with van der Waals surface area (Å²) in [5, 5.41) is 8.27. The van der Waals surface area contributed by atoms with Crippen molar-refractivity contribution in [3.63, 3.8) is 0 Å². The van der Waals surface area contributed by atoms with E-state index in [-0.39, 0.29) is 5.97 Å². The minimum atomic E-state index is -0.670. The Labute approximate surface area is 193 Å². The number of carboxylic acid groups (broad SMARTS) is 1. The molecule has 0 aliphatic carbocycles. The maximum atomic E-state index is 10.9. The number of carbonyl (C=O) groups is 2. The molecule has 0 saturated heterocycles. The van der Waals surface area contributed by atoms with Crippen molar-refractivity contribution in [1.82, 2.24) is 0 Å². The molecule has 186 valence electrons. The van der Waals surface area contributed by atoms with Crippen LogP contribution in [0.2, 0.25) is 0 Å². The summed E-state index contributed by atoms with van der Waals surface area (Å²) < 4.78 is 4.63. The molecule has 4 heteroatoms. The Bertz CT molecular complexity index is 368. The molecule has 0 heterocycles. The van der Waals surface area contributed by atoms with Gasteiger partial charge in [-0.25, -0.2) is 0 Å². The molecule has 0 amide bonds. The first-order valence-corrected chi connectivity index (χ1v) is 13.4. The van der Waals surface area contributed by atoms with Gasteiger partial charge in [0.05, 0.1) is 7.11 Å². The zero-order chi connectivity index (χ0) is 23.4. The van der Waals surface area contributed by atoms with Crippen molar-refractivity contribution in [1.29, 1.82) is 0 Å². The molecule has 0 atom stereocenters. The SMILES string of the molecule is CCCCCCCC(=O)O.CCCCCCCCCCCCCCCCCC(=O)OC. The van der Waals surface area contributed by atoms with Crippen LogP contribution in [0, 0.1) is 0 Å². The van der Waals surface area contributed by atoms with Crippen LogP contribution in [0.5, 0.6) is 0 Å². The smallest absolute Gasteiger partial charge is 0.305 e. The molecule has 0 rings (SSSR count). The van der Waals surface area contributed by atoms with Gasteiger partial charge in [0.1, 0.15) is 0 Å². The van der Waals surface area contributed by atoms with E-state index in [1.54, 1.807) is 0 Å². The van der Waals surface area contributed by atoms with E-state index in [9.17, 15) is 9.59 Å². The Morgan fingerprint density at radius 1 is 0.516 bits per heavy atom. The Balaban J connectivity index is 0. The molecule has 0 aromatic carbocycles. The molecule has 0 fully saturated rings. The first-order valence-electron chi connectivity index (χ1n) is 13.4. The minimum absolute atomic E-state index is 0.0651. The molecule has 0 saturated carbocycles. The van der Waals surface area contributed by atoms with Crippen LogP contribution in [0.1, 0.15) is 155 Å². The van der Waals surface area contributed by atoms with E-state index in [1.807, 2.05) is 0 Å². The van der Waals surface area contributed by atoms with E-state index in [2.05, 4.69) is 18.6 Å². The van der Waals surface area contributed by atoms with Crippen LogP contribution in [-0.2, 0) is 14.3 Å². The van der Waals surface area contributed by atoms with Gasteiger partial charge in [-0.05, 0) is 12.8 Å². The maximum Gasteiger partial charge on any atom is 0.305 e. The van der Waals surface area contributed by atoms with Gasteiger partial charge in [0, 0.05) is 12.8 Å². The molecule has 0 unspecified atom stereocenters. The predicted octanol–water partition coefficient (Wildman–Crippen LogP) is 8.85. The second kappa shape index (κ2) is 28.9.